The van der Waals surface area contributed by atoms with Gasteiger partial charge in [0.05, 0.1) is 34.4 Å². The van der Waals surface area contributed by atoms with Crippen molar-refractivity contribution in [1.29, 1.82) is 0 Å². The van der Waals surface area contributed by atoms with Gasteiger partial charge < -0.3 is 28.5 Å². The largest absolute Gasteiger partial charge is 0.477 e. The minimum atomic E-state index is -1.51. The Labute approximate surface area is 639 Å². The summed E-state index contributed by atoms with van der Waals surface area (Å²) in [4.78, 5) is 37.8. The number of carboxylic acid groups (broad SMARTS) is 1. The first kappa shape index (κ1) is 99.2. The highest BCUT2D eigenvalue weighted by atomic mass is 16.7. The molecule has 0 saturated carbocycles. The van der Waals surface area contributed by atoms with Gasteiger partial charge in [0.15, 0.2) is 6.10 Å². The van der Waals surface area contributed by atoms with Gasteiger partial charge in [0.25, 0.3) is 6.29 Å². The number of carbonyl (C=O) groups is 3. The lowest BCUT2D eigenvalue weighted by Gasteiger charge is -2.25. The van der Waals surface area contributed by atoms with Crippen LogP contribution in [0.15, 0.2) is 97.2 Å². The van der Waals surface area contributed by atoms with Gasteiger partial charge >= 0.3 is 17.9 Å². The summed E-state index contributed by atoms with van der Waals surface area (Å²) >= 11 is 0. The van der Waals surface area contributed by atoms with Gasteiger partial charge in [0.2, 0.25) is 0 Å². The lowest BCUT2D eigenvalue weighted by molar-refractivity contribution is -0.870. The van der Waals surface area contributed by atoms with Gasteiger partial charge in [-0.2, -0.15) is 0 Å². The third-order valence-electron chi connectivity index (χ3n) is 19.9. The average molecular weight is 1440 g/mol. The van der Waals surface area contributed by atoms with E-state index in [-0.39, 0.29) is 32.2 Å². The molecule has 0 aromatic heterocycles. The zero-order valence-corrected chi connectivity index (χ0v) is 68.7. The predicted molar refractivity (Wildman–Crippen MR) is 447 cm³/mol. The standard InChI is InChI=1S/C94H169NO8/c1-6-8-10-12-14-16-18-20-22-24-26-28-30-32-34-36-38-40-42-44-46-48-50-52-54-56-58-60-62-64-66-68-70-72-74-76-78-80-82-84-91(96)101-88-90(89-102-94(93(98)99)100-87-86-95(3,4)5)103-92(97)85-83-81-79-77-75-73-71-69-67-65-63-61-59-57-55-53-51-49-47-45-43-41-39-37-35-33-31-29-27-25-23-21-19-17-15-13-11-9-7-2/h9,11,15,17,21,23,27,29,33,35,39,41,45,47,51,53,90,94H,6-8,10,12-14,16,18-20,22,24-26,28,30-32,34,36-38,40,42-44,46,48-50,52,54-89H2,1-5H3/p+1/b11-9-,17-15-,23-21-,29-27-,35-33-,41-39-,47-45-,53-51-. The molecule has 0 radical (unpaired) electrons. The van der Waals surface area contributed by atoms with Crippen LogP contribution in [0.4, 0.5) is 0 Å². The van der Waals surface area contributed by atoms with Crippen LogP contribution in [0.2, 0.25) is 0 Å². The highest BCUT2D eigenvalue weighted by Gasteiger charge is 2.25. The number of rotatable bonds is 83. The number of likely N-dealkylation sites (N-methyl/N-ethyl adjacent to an activating group) is 1. The van der Waals surface area contributed by atoms with E-state index >= 15 is 0 Å². The minimum absolute atomic E-state index is 0.180. The van der Waals surface area contributed by atoms with E-state index in [1.165, 1.54) is 308 Å². The first-order valence-corrected chi connectivity index (χ1v) is 44.4. The topological polar surface area (TPSA) is 108 Å². The molecule has 1 N–H and O–H groups in total. The molecule has 0 aromatic carbocycles. The molecule has 0 aliphatic carbocycles. The number of carbonyl (C=O) groups excluding carboxylic acids is 2. The van der Waals surface area contributed by atoms with Crippen LogP contribution in [-0.4, -0.2) is 87.4 Å². The first-order valence-electron chi connectivity index (χ1n) is 44.4. The number of carboxylic acids is 1. The highest BCUT2D eigenvalue weighted by molar-refractivity contribution is 5.71. The number of esters is 2. The van der Waals surface area contributed by atoms with Crippen LogP contribution in [0.1, 0.15) is 425 Å². The quantitative estimate of drug-likeness (QED) is 0.0211. The number of ether oxygens (including phenoxy) is 4. The summed E-state index contributed by atoms with van der Waals surface area (Å²) in [5, 5.41) is 9.79. The Balaban J connectivity index is 3.95. The van der Waals surface area contributed by atoms with Crippen molar-refractivity contribution in [2.75, 3.05) is 47.5 Å². The predicted octanol–water partition coefficient (Wildman–Crippen LogP) is 29.0. The lowest BCUT2D eigenvalue weighted by Crippen LogP contribution is -2.40. The molecule has 0 heterocycles. The van der Waals surface area contributed by atoms with E-state index < -0.39 is 24.3 Å². The Morgan fingerprint density at radius 3 is 0.825 bits per heavy atom. The number of aliphatic carboxylic acids is 1. The zero-order chi connectivity index (χ0) is 74.6. The van der Waals surface area contributed by atoms with Crippen molar-refractivity contribution in [3.05, 3.63) is 97.2 Å². The number of unbranched alkanes of at least 4 members (excludes halogenated alkanes) is 52. The molecule has 0 aliphatic heterocycles. The van der Waals surface area contributed by atoms with Crippen molar-refractivity contribution in [2.24, 2.45) is 0 Å². The van der Waals surface area contributed by atoms with Crippen LogP contribution in [-0.2, 0) is 33.3 Å². The summed E-state index contributed by atoms with van der Waals surface area (Å²) in [6, 6.07) is 0. The van der Waals surface area contributed by atoms with E-state index in [0.29, 0.717) is 17.4 Å². The van der Waals surface area contributed by atoms with Gasteiger partial charge in [-0.1, -0.05) is 432 Å². The number of hydrogen-bond acceptors (Lipinski definition) is 7. The van der Waals surface area contributed by atoms with E-state index in [2.05, 4.69) is 111 Å². The van der Waals surface area contributed by atoms with Crippen LogP contribution < -0.4 is 0 Å². The minimum Gasteiger partial charge on any atom is -0.477 e. The van der Waals surface area contributed by atoms with E-state index in [4.69, 9.17) is 18.9 Å². The van der Waals surface area contributed by atoms with Crippen molar-refractivity contribution in [1.82, 2.24) is 0 Å². The lowest BCUT2D eigenvalue weighted by atomic mass is 10.0. The van der Waals surface area contributed by atoms with Gasteiger partial charge in [-0.3, -0.25) is 9.59 Å². The number of nitrogens with zero attached hydrogens (tertiary/aromatic N) is 1. The third-order valence-corrected chi connectivity index (χ3v) is 19.9. The molecule has 598 valence electrons. The van der Waals surface area contributed by atoms with Crippen LogP contribution in [0, 0.1) is 0 Å². The Bertz CT molecular complexity index is 2030. The van der Waals surface area contributed by atoms with Crippen LogP contribution in [0.25, 0.3) is 0 Å². The molecule has 0 amide bonds. The smallest absolute Gasteiger partial charge is 0.361 e. The van der Waals surface area contributed by atoms with Gasteiger partial charge in [-0.25, -0.2) is 4.79 Å². The molecule has 0 aromatic rings. The fourth-order valence-corrected chi connectivity index (χ4v) is 13.2. The van der Waals surface area contributed by atoms with Crippen molar-refractivity contribution in [3.63, 3.8) is 0 Å². The average Bonchev–Trinajstić information content (AvgIpc) is 0.985. The number of allylic oxidation sites excluding steroid dienone is 16. The van der Waals surface area contributed by atoms with E-state index in [0.717, 1.165) is 89.9 Å². The van der Waals surface area contributed by atoms with E-state index in [9.17, 15) is 19.5 Å². The molecular weight excluding hydrogens is 1270 g/mol. The second-order valence-corrected chi connectivity index (χ2v) is 31.2. The molecule has 0 fully saturated rings. The monoisotopic (exact) mass is 1440 g/mol. The molecular formula is C94H170NO8+. The molecule has 0 spiro atoms. The number of quaternary nitrogens is 1. The summed E-state index contributed by atoms with van der Waals surface area (Å²) in [5.41, 5.74) is 0. The summed E-state index contributed by atoms with van der Waals surface area (Å²) in [6.07, 6.45) is 115. The zero-order valence-electron chi connectivity index (χ0n) is 68.7. The second kappa shape index (κ2) is 83.8. The van der Waals surface area contributed by atoms with Crippen molar-refractivity contribution in [2.45, 2.75) is 437 Å². The van der Waals surface area contributed by atoms with Gasteiger partial charge in [-0.15, -0.1) is 0 Å². The summed E-state index contributed by atoms with van der Waals surface area (Å²) in [5.74, 6) is -1.98. The van der Waals surface area contributed by atoms with Crippen LogP contribution in [0.5, 0.6) is 0 Å². The van der Waals surface area contributed by atoms with E-state index in [1.54, 1.807) is 0 Å². The molecule has 0 aliphatic rings. The Morgan fingerprint density at radius 1 is 0.301 bits per heavy atom. The van der Waals surface area contributed by atoms with Gasteiger partial charge in [0.1, 0.15) is 13.2 Å². The molecule has 0 rings (SSSR count). The van der Waals surface area contributed by atoms with Crippen molar-refractivity contribution in [3.8, 4) is 0 Å². The summed E-state index contributed by atoms with van der Waals surface area (Å²) in [7, 11) is 6.00. The fraction of sp³-hybridized carbons (Fsp3) is 0.798. The van der Waals surface area contributed by atoms with E-state index in [1.807, 2.05) is 21.1 Å². The SMILES string of the molecule is CC/C=C\C/C=C\C/C=C\C/C=C\C/C=C\C/C=C\C/C=C\C/C=C\CCCCCCCCCCCCCCCCC(=O)OC(COC(=O)CCCCCCCCCCCCCCCCCCCCCCCCCCCCCCCCCCCCCCCCC)COC(OCC[N+](C)(C)C)C(=O)O. The Kier molecular flexibility index (Phi) is 80.8. The summed E-state index contributed by atoms with van der Waals surface area (Å²) in [6.45, 7) is 4.83. The third kappa shape index (κ3) is 85.3. The van der Waals surface area contributed by atoms with Crippen molar-refractivity contribution < 1.29 is 42.9 Å². The maximum absolute atomic E-state index is 13.0. The fourth-order valence-electron chi connectivity index (χ4n) is 13.2. The van der Waals surface area contributed by atoms with Gasteiger partial charge in [0, 0.05) is 12.8 Å². The molecule has 0 saturated heterocycles. The van der Waals surface area contributed by atoms with Crippen LogP contribution in [0.3, 0.4) is 0 Å². The maximum atomic E-state index is 13.0. The summed E-state index contributed by atoms with van der Waals surface area (Å²) < 4.78 is 23.1. The molecule has 9 heteroatoms. The van der Waals surface area contributed by atoms with Gasteiger partial charge in [-0.05, 0) is 77.0 Å². The van der Waals surface area contributed by atoms with Crippen LogP contribution >= 0.6 is 0 Å². The maximum Gasteiger partial charge on any atom is 0.361 e. The molecule has 9 nitrogen and oxygen atoms in total. The molecule has 2 atom stereocenters. The molecule has 2 unspecified atom stereocenters. The normalized spacial score (nSPS) is 13.1. The second-order valence-electron chi connectivity index (χ2n) is 31.2. The Morgan fingerprint density at radius 2 is 0.553 bits per heavy atom. The number of hydrogen-bond donors (Lipinski definition) is 1. The van der Waals surface area contributed by atoms with Crippen molar-refractivity contribution >= 4 is 17.9 Å². The molecule has 103 heavy (non-hydrogen) atoms. The highest BCUT2D eigenvalue weighted by Crippen LogP contribution is 2.20. The molecule has 0 bridgehead atoms. The Hall–Kier alpha value is -3.79. The first-order chi connectivity index (χ1) is 50.6.